The van der Waals surface area contributed by atoms with Gasteiger partial charge in [0.2, 0.25) is 5.91 Å². The lowest BCUT2D eigenvalue weighted by Crippen LogP contribution is -2.50. The molecule has 4 fully saturated rings. The fourth-order valence-electron chi connectivity index (χ4n) is 9.47. The average Bonchev–Trinajstić information content (AvgIpc) is 3.02. The van der Waals surface area contributed by atoms with Gasteiger partial charge in [0.05, 0.1) is 18.8 Å². The molecule has 192 valence electrons. The van der Waals surface area contributed by atoms with Crippen LogP contribution in [-0.2, 0) is 9.53 Å². The van der Waals surface area contributed by atoms with E-state index in [1.165, 1.54) is 38.5 Å². The highest BCUT2D eigenvalue weighted by atomic mass is 16.5. The van der Waals surface area contributed by atoms with Gasteiger partial charge in [0.25, 0.3) is 0 Å². The van der Waals surface area contributed by atoms with Crippen molar-refractivity contribution in [3.63, 3.8) is 0 Å². The summed E-state index contributed by atoms with van der Waals surface area (Å²) in [6, 6.07) is 0. The van der Waals surface area contributed by atoms with Crippen LogP contribution in [-0.4, -0.2) is 47.8 Å². The maximum absolute atomic E-state index is 13.0. The third-order valence-electron chi connectivity index (χ3n) is 11.6. The zero-order valence-corrected chi connectivity index (χ0v) is 22.2. The van der Waals surface area contributed by atoms with Gasteiger partial charge in [-0.1, -0.05) is 32.4 Å². The highest BCUT2D eigenvalue weighted by Gasteiger charge is 2.59. The van der Waals surface area contributed by atoms with Gasteiger partial charge in [-0.2, -0.15) is 0 Å². The first-order valence-corrected chi connectivity index (χ1v) is 14.5. The van der Waals surface area contributed by atoms with E-state index in [4.69, 9.17) is 4.74 Å². The second-order valence-corrected chi connectivity index (χ2v) is 13.3. The van der Waals surface area contributed by atoms with Gasteiger partial charge >= 0.3 is 0 Å². The Morgan fingerprint density at radius 3 is 2.79 bits per heavy atom. The SMILES string of the molecule is C[C@@H]1CCN(C(=O)CC[C@@H](C)[C@H]2CC[C@H]3[C@@H]4CC=C5C[C@@H](O)CC[C@]5(C)[C@H]4CC[C@]23C)CCO1. The summed E-state index contributed by atoms with van der Waals surface area (Å²) in [5.41, 5.74) is 2.34. The van der Waals surface area contributed by atoms with E-state index in [-0.39, 0.29) is 12.2 Å². The second kappa shape index (κ2) is 9.54. The van der Waals surface area contributed by atoms with Crippen LogP contribution >= 0.6 is 0 Å². The lowest BCUT2D eigenvalue weighted by Gasteiger charge is -2.58. The lowest BCUT2D eigenvalue weighted by molar-refractivity contribution is -0.131. The van der Waals surface area contributed by atoms with Crippen molar-refractivity contribution in [3.8, 4) is 0 Å². The van der Waals surface area contributed by atoms with Gasteiger partial charge in [0.1, 0.15) is 0 Å². The monoisotopic (exact) mass is 471 g/mol. The predicted molar refractivity (Wildman–Crippen MR) is 136 cm³/mol. The summed E-state index contributed by atoms with van der Waals surface area (Å²) < 4.78 is 5.74. The maximum atomic E-state index is 13.0. The molecule has 3 saturated carbocycles. The zero-order chi connectivity index (χ0) is 24.1. The Hall–Kier alpha value is -0.870. The highest BCUT2D eigenvalue weighted by molar-refractivity contribution is 5.76. The molecule has 4 heteroatoms. The van der Waals surface area contributed by atoms with Crippen molar-refractivity contribution in [1.82, 2.24) is 4.90 Å². The van der Waals surface area contributed by atoms with E-state index in [0.717, 1.165) is 62.4 Å². The number of fused-ring (bicyclic) bond motifs is 5. The minimum Gasteiger partial charge on any atom is -0.393 e. The van der Waals surface area contributed by atoms with E-state index in [1.54, 1.807) is 5.57 Å². The summed E-state index contributed by atoms with van der Waals surface area (Å²) in [7, 11) is 0. The van der Waals surface area contributed by atoms with Crippen LogP contribution in [0.1, 0.15) is 98.3 Å². The molecule has 0 radical (unpaired) electrons. The Balaban J connectivity index is 1.22. The van der Waals surface area contributed by atoms with E-state index >= 15 is 0 Å². The molecule has 0 aromatic rings. The number of nitrogens with zero attached hydrogens (tertiary/aromatic N) is 1. The summed E-state index contributed by atoms with van der Waals surface area (Å²) >= 11 is 0. The summed E-state index contributed by atoms with van der Waals surface area (Å²) in [4.78, 5) is 15.0. The molecular formula is C30H49NO3. The Kier molecular flexibility index (Phi) is 6.96. The lowest BCUT2D eigenvalue weighted by atomic mass is 9.47. The Labute approximate surface area is 207 Å². The van der Waals surface area contributed by atoms with Gasteiger partial charge in [-0.05, 0) is 112 Å². The van der Waals surface area contributed by atoms with Gasteiger partial charge in [0, 0.05) is 19.5 Å². The van der Waals surface area contributed by atoms with Crippen LogP contribution in [0.5, 0.6) is 0 Å². The fourth-order valence-corrected chi connectivity index (χ4v) is 9.47. The van der Waals surface area contributed by atoms with Crippen LogP contribution < -0.4 is 0 Å². The standard InChI is InChI=1S/C30H49NO3/c1-20(5-10-28(33)31-16-13-21(2)34-18-17-31)25-8-9-26-24-7-6-22-19-23(32)11-14-29(22,3)27(24)12-15-30(25,26)4/h6,20-21,23-27,32H,5,7-19H2,1-4H3/t20-,21-,23+,24+,25-,26+,27+,29+,30-/m1/s1. The molecule has 34 heavy (non-hydrogen) atoms. The van der Waals surface area contributed by atoms with E-state index in [2.05, 4.69) is 33.8 Å². The minimum atomic E-state index is -0.116. The van der Waals surface area contributed by atoms with Gasteiger partial charge in [-0.15, -0.1) is 0 Å². The molecule has 9 atom stereocenters. The van der Waals surface area contributed by atoms with Gasteiger partial charge < -0.3 is 14.7 Å². The topological polar surface area (TPSA) is 49.8 Å². The molecule has 1 N–H and O–H groups in total. The smallest absolute Gasteiger partial charge is 0.222 e. The quantitative estimate of drug-likeness (QED) is 0.513. The number of hydrogen-bond donors (Lipinski definition) is 1. The van der Waals surface area contributed by atoms with E-state index < -0.39 is 0 Å². The normalized spacial score (nSPS) is 45.4. The first kappa shape index (κ1) is 24.8. The predicted octanol–water partition coefficient (Wildman–Crippen LogP) is 5.98. The number of aliphatic hydroxyl groups is 1. The maximum Gasteiger partial charge on any atom is 0.222 e. The van der Waals surface area contributed by atoms with Crippen molar-refractivity contribution < 1.29 is 14.6 Å². The van der Waals surface area contributed by atoms with Crippen molar-refractivity contribution in [2.45, 2.75) is 111 Å². The van der Waals surface area contributed by atoms with Crippen molar-refractivity contribution in [2.24, 2.45) is 40.4 Å². The van der Waals surface area contributed by atoms with Gasteiger partial charge in [-0.3, -0.25) is 4.79 Å². The summed E-state index contributed by atoms with van der Waals surface area (Å²) in [5.74, 6) is 4.17. The molecule has 0 bridgehead atoms. The number of amides is 1. The molecule has 0 aromatic carbocycles. The molecule has 1 saturated heterocycles. The van der Waals surface area contributed by atoms with Crippen molar-refractivity contribution in [1.29, 1.82) is 0 Å². The van der Waals surface area contributed by atoms with E-state index in [1.807, 2.05) is 4.90 Å². The number of aliphatic hydroxyl groups excluding tert-OH is 1. The molecule has 0 spiro atoms. The van der Waals surface area contributed by atoms with E-state index in [0.29, 0.717) is 35.7 Å². The Morgan fingerprint density at radius 2 is 1.97 bits per heavy atom. The van der Waals surface area contributed by atoms with Crippen LogP contribution in [0.2, 0.25) is 0 Å². The Morgan fingerprint density at radius 1 is 1.15 bits per heavy atom. The third-order valence-corrected chi connectivity index (χ3v) is 11.6. The summed E-state index contributed by atoms with van der Waals surface area (Å²) in [5, 5.41) is 10.3. The summed E-state index contributed by atoms with van der Waals surface area (Å²) in [6.07, 6.45) is 15.1. The van der Waals surface area contributed by atoms with Gasteiger partial charge in [-0.25, -0.2) is 0 Å². The number of rotatable bonds is 4. The molecule has 1 amide bonds. The molecule has 4 aliphatic carbocycles. The van der Waals surface area contributed by atoms with Crippen molar-refractivity contribution in [3.05, 3.63) is 11.6 Å². The number of allylic oxidation sites excluding steroid dienone is 1. The summed E-state index contributed by atoms with van der Waals surface area (Å²) in [6.45, 7) is 12.0. The molecule has 1 heterocycles. The zero-order valence-electron chi connectivity index (χ0n) is 22.2. The molecular weight excluding hydrogens is 422 g/mol. The van der Waals surface area contributed by atoms with Crippen LogP contribution in [0.15, 0.2) is 11.6 Å². The minimum absolute atomic E-state index is 0.116. The second-order valence-electron chi connectivity index (χ2n) is 13.3. The number of carbonyl (C=O) groups is 1. The number of ether oxygens (including phenoxy) is 1. The number of carbonyl (C=O) groups excluding carboxylic acids is 1. The Bertz CT molecular complexity index is 794. The van der Waals surface area contributed by atoms with E-state index in [9.17, 15) is 9.90 Å². The number of hydrogen-bond acceptors (Lipinski definition) is 3. The first-order chi connectivity index (χ1) is 16.2. The van der Waals surface area contributed by atoms with Crippen LogP contribution in [0, 0.1) is 40.4 Å². The third kappa shape index (κ3) is 4.29. The average molecular weight is 472 g/mol. The highest BCUT2D eigenvalue weighted by Crippen LogP contribution is 2.67. The fraction of sp³-hybridized carbons (Fsp3) is 0.900. The van der Waals surface area contributed by atoms with Crippen molar-refractivity contribution in [2.75, 3.05) is 19.7 Å². The van der Waals surface area contributed by atoms with Crippen LogP contribution in [0.4, 0.5) is 0 Å². The molecule has 4 nitrogen and oxygen atoms in total. The van der Waals surface area contributed by atoms with Gasteiger partial charge in [0.15, 0.2) is 0 Å². The molecule has 0 aromatic heterocycles. The van der Waals surface area contributed by atoms with Crippen LogP contribution in [0.25, 0.3) is 0 Å². The molecule has 5 rings (SSSR count). The first-order valence-electron chi connectivity index (χ1n) is 14.5. The van der Waals surface area contributed by atoms with Crippen LogP contribution in [0.3, 0.4) is 0 Å². The van der Waals surface area contributed by atoms with Crippen molar-refractivity contribution >= 4 is 5.91 Å². The largest absolute Gasteiger partial charge is 0.393 e. The molecule has 1 aliphatic heterocycles. The molecule has 0 unspecified atom stereocenters. The molecule has 5 aliphatic rings.